The third-order valence-electron chi connectivity index (χ3n) is 0.916. The number of carbonyl (C=O) groups is 1. The molecule has 6 heteroatoms. The van der Waals surface area contributed by atoms with Crippen LogP contribution in [0.5, 0.6) is 0 Å². The van der Waals surface area contributed by atoms with Crippen LogP contribution in [-0.2, 0) is 14.6 Å². The second-order valence-corrected chi connectivity index (χ2v) is 4.64. The first-order valence-electron chi connectivity index (χ1n) is 2.96. The van der Waals surface area contributed by atoms with Crippen molar-refractivity contribution in [3.63, 3.8) is 0 Å². The summed E-state index contributed by atoms with van der Waals surface area (Å²) < 4.78 is 21.0. The third-order valence-corrected chi connectivity index (χ3v) is 2.10. The molecule has 0 aromatic rings. The summed E-state index contributed by atoms with van der Waals surface area (Å²) in [6, 6.07) is 0. The average Bonchev–Trinajstić information content (AvgIpc) is 1.85. The molecule has 0 heterocycles. The average molecular weight is 200 g/mol. The molecule has 0 bridgehead atoms. The quantitative estimate of drug-likeness (QED) is 0.615. The normalized spacial score (nSPS) is 11.1. The number of sulfone groups is 1. The molecule has 0 unspecified atom stereocenters. The van der Waals surface area contributed by atoms with Crippen molar-refractivity contribution >= 4 is 27.3 Å². The zero-order chi connectivity index (χ0) is 8.91. The van der Waals surface area contributed by atoms with Gasteiger partial charge in [0.2, 0.25) is 5.91 Å². The van der Waals surface area contributed by atoms with E-state index in [9.17, 15) is 13.2 Å². The molecule has 0 aromatic heterocycles. The van der Waals surface area contributed by atoms with E-state index >= 15 is 0 Å². The van der Waals surface area contributed by atoms with E-state index in [0.29, 0.717) is 0 Å². The number of rotatable bonds is 4. The molecule has 66 valence electrons. The Labute approximate surface area is 70.8 Å². The lowest BCUT2D eigenvalue weighted by atomic mass is 10.6. The highest BCUT2D eigenvalue weighted by Crippen LogP contribution is 1.80. The van der Waals surface area contributed by atoms with E-state index in [0.717, 1.165) is 6.26 Å². The Morgan fingerprint density at radius 3 is 2.45 bits per heavy atom. The van der Waals surface area contributed by atoms with E-state index in [2.05, 4.69) is 5.32 Å². The van der Waals surface area contributed by atoms with Gasteiger partial charge >= 0.3 is 0 Å². The topological polar surface area (TPSA) is 63.2 Å². The molecule has 11 heavy (non-hydrogen) atoms. The molecule has 0 radical (unpaired) electrons. The summed E-state index contributed by atoms with van der Waals surface area (Å²) in [6.45, 7) is 0.129. The van der Waals surface area contributed by atoms with Crippen LogP contribution in [-0.4, -0.2) is 38.8 Å². The minimum Gasteiger partial charge on any atom is -0.354 e. The van der Waals surface area contributed by atoms with Crippen LogP contribution in [0.25, 0.3) is 0 Å². The van der Waals surface area contributed by atoms with Crippen LogP contribution in [0.1, 0.15) is 0 Å². The van der Waals surface area contributed by atoms with Gasteiger partial charge in [-0.3, -0.25) is 4.79 Å². The van der Waals surface area contributed by atoms with Gasteiger partial charge in [0, 0.05) is 12.8 Å². The van der Waals surface area contributed by atoms with E-state index in [-0.39, 0.29) is 24.1 Å². The van der Waals surface area contributed by atoms with Crippen molar-refractivity contribution in [3.8, 4) is 0 Å². The van der Waals surface area contributed by atoms with Crippen LogP contribution in [0.3, 0.4) is 0 Å². The first-order valence-corrected chi connectivity index (χ1v) is 5.55. The molecule has 0 aliphatic carbocycles. The number of carbonyl (C=O) groups excluding carboxylic acids is 1. The van der Waals surface area contributed by atoms with Crippen molar-refractivity contribution < 1.29 is 13.2 Å². The fraction of sp³-hybridized carbons (Fsp3) is 0.800. The zero-order valence-electron chi connectivity index (χ0n) is 6.13. The SMILES string of the molecule is CS(=O)(=O)CCNC(=O)CCl. The van der Waals surface area contributed by atoms with Gasteiger partial charge in [0.1, 0.15) is 15.7 Å². The van der Waals surface area contributed by atoms with Crippen molar-refractivity contribution in [2.24, 2.45) is 0 Å². The largest absolute Gasteiger partial charge is 0.354 e. The lowest BCUT2D eigenvalue weighted by Gasteiger charge is -1.99. The highest BCUT2D eigenvalue weighted by Gasteiger charge is 2.02. The molecule has 0 aliphatic heterocycles. The Balaban J connectivity index is 3.51. The number of nitrogens with one attached hydrogen (secondary N) is 1. The number of alkyl halides is 1. The smallest absolute Gasteiger partial charge is 0.234 e. The predicted molar refractivity (Wildman–Crippen MR) is 43.4 cm³/mol. The number of amides is 1. The summed E-state index contributed by atoms with van der Waals surface area (Å²) in [5.41, 5.74) is 0. The van der Waals surface area contributed by atoms with Gasteiger partial charge in [-0.15, -0.1) is 11.6 Å². The van der Waals surface area contributed by atoms with Crippen molar-refractivity contribution in [1.29, 1.82) is 0 Å². The Morgan fingerprint density at radius 2 is 2.09 bits per heavy atom. The molecule has 0 fully saturated rings. The fourth-order valence-electron chi connectivity index (χ4n) is 0.423. The monoisotopic (exact) mass is 199 g/mol. The van der Waals surface area contributed by atoms with E-state index in [1.54, 1.807) is 0 Å². The number of hydrogen-bond donors (Lipinski definition) is 1. The van der Waals surface area contributed by atoms with Gasteiger partial charge in [-0.05, 0) is 0 Å². The minimum atomic E-state index is -2.99. The molecular weight excluding hydrogens is 190 g/mol. The number of halogens is 1. The highest BCUT2D eigenvalue weighted by molar-refractivity contribution is 7.90. The lowest BCUT2D eigenvalue weighted by molar-refractivity contribution is -0.118. The highest BCUT2D eigenvalue weighted by atomic mass is 35.5. The maximum atomic E-state index is 10.5. The Bertz CT molecular complexity index is 224. The van der Waals surface area contributed by atoms with Gasteiger partial charge in [0.05, 0.1) is 5.75 Å². The summed E-state index contributed by atoms with van der Waals surface area (Å²) in [5, 5.41) is 2.34. The van der Waals surface area contributed by atoms with E-state index in [4.69, 9.17) is 11.6 Å². The first-order chi connectivity index (χ1) is 4.95. The Morgan fingerprint density at radius 1 is 1.55 bits per heavy atom. The van der Waals surface area contributed by atoms with Crippen LogP contribution in [0.15, 0.2) is 0 Å². The summed E-state index contributed by atoms with van der Waals surface area (Å²) in [7, 11) is -2.99. The molecule has 1 N–H and O–H groups in total. The van der Waals surface area contributed by atoms with Crippen molar-refractivity contribution in [1.82, 2.24) is 5.32 Å². The maximum absolute atomic E-state index is 10.5. The van der Waals surface area contributed by atoms with E-state index in [1.807, 2.05) is 0 Å². The summed E-state index contributed by atoms with van der Waals surface area (Å²) >= 11 is 5.14. The molecule has 4 nitrogen and oxygen atoms in total. The van der Waals surface area contributed by atoms with Crippen molar-refractivity contribution in [2.75, 3.05) is 24.4 Å². The van der Waals surface area contributed by atoms with Gasteiger partial charge in [-0.1, -0.05) is 0 Å². The molecule has 0 saturated heterocycles. The van der Waals surface area contributed by atoms with Crippen LogP contribution in [0, 0.1) is 0 Å². The van der Waals surface area contributed by atoms with Crippen molar-refractivity contribution in [2.45, 2.75) is 0 Å². The zero-order valence-corrected chi connectivity index (χ0v) is 7.70. The molecule has 0 saturated carbocycles. The van der Waals surface area contributed by atoms with Gasteiger partial charge in [0.15, 0.2) is 0 Å². The molecule has 0 aliphatic rings. The summed E-state index contributed by atoms with van der Waals surface area (Å²) in [6.07, 6.45) is 1.11. The molecule has 0 rings (SSSR count). The Kier molecular flexibility index (Phi) is 4.44. The van der Waals surface area contributed by atoms with Crippen LogP contribution < -0.4 is 5.32 Å². The van der Waals surface area contributed by atoms with E-state index in [1.165, 1.54) is 0 Å². The van der Waals surface area contributed by atoms with Gasteiger partial charge in [0.25, 0.3) is 0 Å². The lowest BCUT2D eigenvalue weighted by Crippen LogP contribution is -2.29. The first kappa shape index (κ1) is 10.7. The van der Waals surface area contributed by atoms with Crippen molar-refractivity contribution in [3.05, 3.63) is 0 Å². The second kappa shape index (κ2) is 4.56. The molecule has 0 spiro atoms. The van der Waals surface area contributed by atoms with Gasteiger partial charge in [-0.25, -0.2) is 8.42 Å². The molecular formula is C5H10ClNO3S. The van der Waals surface area contributed by atoms with Gasteiger partial charge in [-0.2, -0.15) is 0 Å². The minimum absolute atomic E-state index is 0.0460. The molecule has 0 aromatic carbocycles. The summed E-state index contributed by atoms with van der Waals surface area (Å²) in [5.74, 6) is -0.533. The predicted octanol–water partition coefficient (Wildman–Crippen LogP) is -0.614. The Hall–Kier alpha value is -0.290. The standard InChI is InChI=1S/C5H10ClNO3S/c1-11(9,10)3-2-7-5(8)4-6/h2-4H2,1H3,(H,7,8). The second-order valence-electron chi connectivity index (χ2n) is 2.11. The number of hydrogen-bond acceptors (Lipinski definition) is 3. The fourth-order valence-corrected chi connectivity index (χ4v) is 0.990. The van der Waals surface area contributed by atoms with Crippen LogP contribution in [0.2, 0.25) is 0 Å². The molecule has 0 atom stereocenters. The van der Waals surface area contributed by atoms with Gasteiger partial charge < -0.3 is 5.32 Å². The maximum Gasteiger partial charge on any atom is 0.234 e. The van der Waals surface area contributed by atoms with E-state index < -0.39 is 9.84 Å². The third kappa shape index (κ3) is 7.61. The molecule has 1 amide bonds. The van der Waals surface area contributed by atoms with Crippen LogP contribution in [0.4, 0.5) is 0 Å². The van der Waals surface area contributed by atoms with Crippen LogP contribution >= 0.6 is 11.6 Å². The summed E-state index contributed by atoms with van der Waals surface area (Å²) in [4.78, 5) is 10.5.